The molecule has 0 heterocycles. The lowest BCUT2D eigenvalue weighted by molar-refractivity contribution is -0.122. The number of carbonyl (C=O) groups excluding carboxylic acids is 1. The summed E-state index contributed by atoms with van der Waals surface area (Å²) in [5, 5.41) is 3.25. The Kier molecular flexibility index (Phi) is 7.85. The van der Waals surface area contributed by atoms with Crippen molar-refractivity contribution in [1.29, 1.82) is 0 Å². The predicted octanol–water partition coefficient (Wildman–Crippen LogP) is 3.19. The molecule has 0 aliphatic carbocycles. The molecule has 7 heteroatoms. The summed E-state index contributed by atoms with van der Waals surface area (Å²) in [7, 11) is -3.61. The number of hydrogen-bond acceptors (Lipinski definition) is 3. The van der Waals surface area contributed by atoms with E-state index in [1.165, 1.54) is 0 Å². The minimum Gasteiger partial charge on any atom is -0.354 e. The summed E-state index contributed by atoms with van der Waals surface area (Å²) in [4.78, 5) is 12.4. The Hall–Kier alpha value is -1.27. The molecular weight excluding hydrogens is 336 g/mol. The molecule has 0 spiro atoms. The van der Waals surface area contributed by atoms with Gasteiger partial charge in [0.25, 0.3) is 0 Å². The molecular formula is C16H25ClN2O3S. The minimum absolute atomic E-state index is 0.283. The van der Waals surface area contributed by atoms with Crippen LogP contribution < -0.4 is 9.62 Å². The third-order valence-electron chi connectivity index (χ3n) is 3.47. The van der Waals surface area contributed by atoms with E-state index in [2.05, 4.69) is 12.2 Å². The lowest BCUT2D eigenvalue weighted by Crippen LogP contribution is -2.49. The first-order valence-electron chi connectivity index (χ1n) is 7.84. The Morgan fingerprint density at radius 2 is 2.00 bits per heavy atom. The van der Waals surface area contributed by atoms with Crippen molar-refractivity contribution in [3.05, 3.63) is 29.3 Å². The van der Waals surface area contributed by atoms with Crippen molar-refractivity contribution in [3.63, 3.8) is 0 Å². The monoisotopic (exact) mass is 360 g/mol. The van der Waals surface area contributed by atoms with Crippen LogP contribution in [-0.4, -0.2) is 33.2 Å². The average molecular weight is 361 g/mol. The number of anilines is 1. The van der Waals surface area contributed by atoms with E-state index in [-0.39, 0.29) is 5.91 Å². The molecule has 0 bridgehead atoms. The van der Waals surface area contributed by atoms with Gasteiger partial charge in [-0.3, -0.25) is 9.10 Å². The van der Waals surface area contributed by atoms with Crippen LogP contribution in [0.3, 0.4) is 0 Å². The third kappa shape index (κ3) is 6.03. The summed E-state index contributed by atoms with van der Waals surface area (Å²) in [6, 6.07) is 5.74. The highest BCUT2D eigenvalue weighted by molar-refractivity contribution is 7.92. The van der Waals surface area contributed by atoms with E-state index in [1.54, 1.807) is 31.2 Å². The van der Waals surface area contributed by atoms with Crippen molar-refractivity contribution in [1.82, 2.24) is 5.32 Å². The quantitative estimate of drug-likeness (QED) is 0.688. The molecule has 0 aromatic heterocycles. The van der Waals surface area contributed by atoms with Crippen LogP contribution in [0.1, 0.15) is 39.5 Å². The molecule has 1 atom stereocenters. The fourth-order valence-corrected chi connectivity index (χ4v) is 3.77. The Morgan fingerprint density at radius 1 is 1.30 bits per heavy atom. The zero-order valence-electron chi connectivity index (χ0n) is 13.9. The van der Waals surface area contributed by atoms with Gasteiger partial charge in [0, 0.05) is 11.6 Å². The molecule has 1 rings (SSSR count). The molecule has 0 aliphatic heterocycles. The molecule has 0 saturated carbocycles. The highest BCUT2D eigenvalue weighted by Crippen LogP contribution is 2.25. The SMILES string of the molecule is CCCCCNC(=O)[C@H](CC)N(c1cccc(Cl)c1)S(C)(=O)=O. The Bertz CT molecular complexity index is 620. The van der Waals surface area contributed by atoms with Crippen LogP contribution in [0.15, 0.2) is 24.3 Å². The number of nitrogens with one attached hydrogen (secondary N) is 1. The van der Waals surface area contributed by atoms with E-state index in [1.807, 2.05) is 0 Å². The van der Waals surface area contributed by atoms with Gasteiger partial charge in [-0.05, 0) is 31.0 Å². The highest BCUT2D eigenvalue weighted by Gasteiger charge is 2.31. The van der Waals surface area contributed by atoms with Crippen LogP contribution in [0.25, 0.3) is 0 Å². The molecule has 1 aromatic rings. The number of rotatable bonds is 9. The summed E-state index contributed by atoms with van der Waals surface area (Å²) in [6.45, 7) is 4.43. The number of halogens is 1. The van der Waals surface area contributed by atoms with E-state index < -0.39 is 16.1 Å². The van der Waals surface area contributed by atoms with Gasteiger partial charge in [-0.25, -0.2) is 8.42 Å². The normalized spacial score (nSPS) is 12.7. The van der Waals surface area contributed by atoms with Crippen LogP contribution in [0.4, 0.5) is 5.69 Å². The number of hydrogen-bond donors (Lipinski definition) is 1. The standard InChI is InChI=1S/C16H25ClN2O3S/c1-4-6-7-11-18-16(20)15(5-2)19(23(3,21)22)14-10-8-9-13(17)12-14/h8-10,12,15H,4-7,11H2,1-3H3,(H,18,20)/t15-/m0/s1. The zero-order valence-corrected chi connectivity index (χ0v) is 15.5. The van der Waals surface area contributed by atoms with Gasteiger partial charge >= 0.3 is 0 Å². The van der Waals surface area contributed by atoms with Crippen molar-refractivity contribution in [3.8, 4) is 0 Å². The molecule has 0 aliphatic rings. The van der Waals surface area contributed by atoms with Gasteiger partial charge < -0.3 is 5.32 Å². The van der Waals surface area contributed by atoms with Crippen LogP contribution in [-0.2, 0) is 14.8 Å². The maximum absolute atomic E-state index is 12.4. The van der Waals surface area contributed by atoms with Crippen LogP contribution in [0.5, 0.6) is 0 Å². The number of amides is 1. The maximum Gasteiger partial charge on any atom is 0.243 e. The number of unbranched alkanes of at least 4 members (excludes halogenated alkanes) is 2. The molecule has 0 radical (unpaired) electrons. The number of carbonyl (C=O) groups is 1. The van der Waals surface area contributed by atoms with E-state index >= 15 is 0 Å². The van der Waals surface area contributed by atoms with Gasteiger partial charge in [0.15, 0.2) is 0 Å². The van der Waals surface area contributed by atoms with Crippen molar-refractivity contribution in [2.75, 3.05) is 17.1 Å². The number of benzene rings is 1. The molecule has 23 heavy (non-hydrogen) atoms. The van der Waals surface area contributed by atoms with Crippen molar-refractivity contribution in [2.24, 2.45) is 0 Å². The number of nitrogens with zero attached hydrogens (tertiary/aromatic N) is 1. The van der Waals surface area contributed by atoms with Gasteiger partial charge in [0.05, 0.1) is 11.9 Å². The molecule has 1 aromatic carbocycles. The topological polar surface area (TPSA) is 66.5 Å². The smallest absolute Gasteiger partial charge is 0.243 e. The van der Waals surface area contributed by atoms with Crippen molar-refractivity contribution < 1.29 is 13.2 Å². The fraction of sp³-hybridized carbons (Fsp3) is 0.562. The summed E-state index contributed by atoms with van der Waals surface area (Å²) in [5.41, 5.74) is 0.399. The van der Waals surface area contributed by atoms with Crippen LogP contribution in [0.2, 0.25) is 5.02 Å². The molecule has 130 valence electrons. The van der Waals surface area contributed by atoms with E-state index in [9.17, 15) is 13.2 Å². The second-order valence-corrected chi connectivity index (χ2v) is 7.76. The number of sulfonamides is 1. The summed E-state index contributed by atoms with van der Waals surface area (Å²) in [5.74, 6) is -0.283. The third-order valence-corrected chi connectivity index (χ3v) is 4.89. The van der Waals surface area contributed by atoms with E-state index in [0.717, 1.165) is 29.8 Å². The van der Waals surface area contributed by atoms with E-state index in [4.69, 9.17) is 11.6 Å². The summed E-state index contributed by atoms with van der Waals surface area (Å²) >= 11 is 5.96. The maximum atomic E-state index is 12.4. The second-order valence-electron chi connectivity index (χ2n) is 5.46. The Morgan fingerprint density at radius 3 is 2.52 bits per heavy atom. The van der Waals surface area contributed by atoms with Crippen LogP contribution >= 0.6 is 11.6 Å². The van der Waals surface area contributed by atoms with Crippen LogP contribution in [0, 0.1) is 0 Å². The molecule has 1 N–H and O–H groups in total. The Balaban J connectivity index is 3.02. The average Bonchev–Trinajstić information content (AvgIpc) is 2.47. The van der Waals surface area contributed by atoms with Gasteiger partial charge in [0.1, 0.15) is 6.04 Å². The zero-order chi connectivity index (χ0) is 17.5. The first kappa shape index (κ1) is 19.8. The molecule has 1 amide bonds. The summed E-state index contributed by atoms with van der Waals surface area (Å²) < 4.78 is 25.6. The lowest BCUT2D eigenvalue weighted by Gasteiger charge is -2.30. The largest absolute Gasteiger partial charge is 0.354 e. The first-order valence-corrected chi connectivity index (χ1v) is 10.1. The van der Waals surface area contributed by atoms with Gasteiger partial charge in [-0.15, -0.1) is 0 Å². The predicted molar refractivity (Wildman–Crippen MR) is 95.4 cm³/mol. The van der Waals surface area contributed by atoms with E-state index in [0.29, 0.717) is 23.7 Å². The van der Waals surface area contributed by atoms with Crippen molar-refractivity contribution in [2.45, 2.75) is 45.6 Å². The van der Waals surface area contributed by atoms with Gasteiger partial charge in [-0.2, -0.15) is 0 Å². The first-order chi connectivity index (χ1) is 10.8. The lowest BCUT2D eigenvalue weighted by atomic mass is 10.2. The minimum atomic E-state index is -3.61. The summed E-state index contributed by atoms with van der Waals surface area (Å²) in [6.07, 6.45) is 4.45. The molecule has 0 saturated heterocycles. The highest BCUT2D eigenvalue weighted by atomic mass is 35.5. The second kappa shape index (κ2) is 9.13. The Labute approximate surface area is 144 Å². The molecule has 0 fully saturated rings. The fourth-order valence-electron chi connectivity index (χ4n) is 2.38. The van der Waals surface area contributed by atoms with Crippen molar-refractivity contribution >= 4 is 33.2 Å². The molecule has 5 nitrogen and oxygen atoms in total. The van der Waals surface area contributed by atoms with Gasteiger partial charge in [-0.1, -0.05) is 44.4 Å². The molecule has 0 unspecified atom stereocenters. The van der Waals surface area contributed by atoms with Gasteiger partial charge in [0.2, 0.25) is 15.9 Å².